The maximum absolute atomic E-state index is 10.2. The number of benzene rings is 1. The van der Waals surface area contributed by atoms with E-state index in [1.165, 1.54) is 32.1 Å². The van der Waals surface area contributed by atoms with Crippen molar-refractivity contribution in [1.29, 1.82) is 0 Å². The van der Waals surface area contributed by atoms with Crippen LogP contribution in [0.2, 0.25) is 0 Å². The fourth-order valence-corrected chi connectivity index (χ4v) is 3.75. The summed E-state index contributed by atoms with van der Waals surface area (Å²) >= 11 is 3.53. The van der Waals surface area contributed by atoms with E-state index in [1.807, 2.05) is 6.07 Å². The lowest BCUT2D eigenvalue weighted by Gasteiger charge is -2.35. The van der Waals surface area contributed by atoms with Gasteiger partial charge in [-0.2, -0.15) is 0 Å². The van der Waals surface area contributed by atoms with Crippen LogP contribution in [0.1, 0.15) is 64.5 Å². The van der Waals surface area contributed by atoms with Crippen LogP contribution in [0.3, 0.4) is 0 Å². The van der Waals surface area contributed by atoms with Crippen LogP contribution in [0.25, 0.3) is 0 Å². The Labute approximate surface area is 137 Å². The summed E-state index contributed by atoms with van der Waals surface area (Å²) in [5.41, 5.74) is 1.04. The van der Waals surface area contributed by atoms with Crippen molar-refractivity contribution in [2.45, 2.75) is 65.0 Å². The quantitative estimate of drug-likeness (QED) is 0.728. The Hall–Kier alpha value is -0.540. The summed E-state index contributed by atoms with van der Waals surface area (Å²) in [6, 6.07) is 6.71. The van der Waals surface area contributed by atoms with Gasteiger partial charge in [-0.05, 0) is 56.8 Å². The van der Waals surface area contributed by atoms with Gasteiger partial charge in [0.1, 0.15) is 5.75 Å². The van der Waals surface area contributed by atoms with E-state index < -0.39 is 0 Å². The van der Waals surface area contributed by atoms with Gasteiger partial charge in [0.05, 0.1) is 0 Å². The molecule has 0 aromatic heterocycles. The molecule has 1 aliphatic carbocycles. The van der Waals surface area contributed by atoms with Crippen molar-refractivity contribution in [3.8, 4) is 5.75 Å². The fraction of sp³-hybridized carbons (Fsp3) is 0.667. The minimum Gasteiger partial charge on any atom is -0.508 e. The van der Waals surface area contributed by atoms with Crippen molar-refractivity contribution in [1.82, 2.24) is 4.90 Å². The highest BCUT2D eigenvalue weighted by Gasteiger charge is 2.28. The molecular weight excluding hydrogens is 326 g/mol. The zero-order chi connectivity index (χ0) is 15.4. The van der Waals surface area contributed by atoms with Gasteiger partial charge in [-0.1, -0.05) is 42.6 Å². The lowest BCUT2D eigenvalue weighted by molar-refractivity contribution is 0.135. The van der Waals surface area contributed by atoms with Crippen molar-refractivity contribution in [3.63, 3.8) is 0 Å². The SMILES string of the molecule is CC(C)CCN(C1CCCC1)C(C)c1cc(Br)ccc1O. The Morgan fingerprint density at radius 1 is 1.24 bits per heavy atom. The van der Waals surface area contributed by atoms with E-state index in [0.717, 1.165) is 22.5 Å². The number of nitrogens with zero attached hydrogens (tertiary/aromatic N) is 1. The van der Waals surface area contributed by atoms with E-state index in [4.69, 9.17) is 0 Å². The monoisotopic (exact) mass is 353 g/mol. The third-order valence-corrected chi connectivity index (χ3v) is 5.19. The number of hydrogen-bond acceptors (Lipinski definition) is 2. The molecule has 1 aromatic rings. The second-order valence-electron chi connectivity index (χ2n) is 6.74. The van der Waals surface area contributed by atoms with Gasteiger partial charge in [-0.15, -0.1) is 0 Å². The van der Waals surface area contributed by atoms with Gasteiger partial charge in [0, 0.05) is 22.1 Å². The molecule has 1 atom stereocenters. The second-order valence-corrected chi connectivity index (χ2v) is 7.65. The highest BCUT2D eigenvalue weighted by Crippen LogP contribution is 2.36. The third kappa shape index (κ3) is 4.46. The molecule has 0 radical (unpaired) electrons. The van der Waals surface area contributed by atoms with Crippen molar-refractivity contribution in [2.24, 2.45) is 5.92 Å². The Morgan fingerprint density at radius 2 is 1.90 bits per heavy atom. The first kappa shape index (κ1) is 16.8. The van der Waals surface area contributed by atoms with Gasteiger partial charge in [0.2, 0.25) is 0 Å². The molecule has 118 valence electrons. The van der Waals surface area contributed by atoms with Crippen molar-refractivity contribution in [2.75, 3.05) is 6.54 Å². The summed E-state index contributed by atoms with van der Waals surface area (Å²) < 4.78 is 1.04. The van der Waals surface area contributed by atoms with Crippen molar-refractivity contribution >= 4 is 15.9 Å². The molecule has 0 saturated heterocycles. The molecule has 3 heteroatoms. The van der Waals surface area contributed by atoms with E-state index in [-0.39, 0.29) is 6.04 Å². The van der Waals surface area contributed by atoms with Gasteiger partial charge in [0.15, 0.2) is 0 Å². The summed E-state index contributed by atoms with van der Waals surface area (Å²) in [6.07, 6.45) is 6.52. The molecular formula is C18H28BrNO. The largest absolute Gasteiger partial charge is 0.508 e. The smallest absolute Gasteiger partial charge is 0.120 e. The highest BCUT2D eigenvalue weighted by atomic mass is 79.9. The normalized spacial score (nSPS) is 17.8. The number of hydrogen-bond donors (Lipinski definition) is 1. The van der Waals surface area contributed by atoms with Gasteiger partial charge in [0.25, 0.3) is 0 Å². The van der Waals surface area contributed by atoms with Gasteiger partial charge in [-0.3, -0.25) is 4.90 Å². The van der Waals surface area contributed by atoms with Crippen LogP contribution in [0.4, 0.5) is 0 Å². The average Bonchev–Trinajstić information content (AvgIpc) is 2.95. The summed E-state index contributed by atoms with van der Waals surface area (Å²) in [5.74, 6) is 1.13. The van der Waals surface area contributed by atoms with Crippen molar-refractivity contribution < 1.29 is 5.11 Å². The summed E-state index contributed by atoms with van der Waals surface area (Å²) in [7, 11) is 0. The standard InChI is InChI=1S/C18H28BrNO/c1-13(2)10-11-20(16-6-4-5-7-16)14(3)17-12-15(19)8-9-18(17)21/h8-9,12-14,16,21H,4-7,10-11H2,1-3H3. The van der Waals surface area contributed by atoms with E-state index >= 15 is 0 Å². The molecule has 1 aliphatic rings. The maximum atomic E-state index is 10.2. The Kier molecular flexibility index (Phi) is 6.12. The molecule has 0 amide bonds. The molecule has 1 unspecified atom stereocenters. The summed E-state index contributed by atoms with van der Waals surface area (Å²) in [6.45, 7) is 7.93. The zero-order valence-corrected chi connectivity index (χ0v) is 15.1. The van der Waals surface area contributed by atoms with Crippen molar-refractivity contribution in [3.05, 3.63) is 28.2 Å². The van der Waals surface area contributed by atoms with Crippen LogP contribution in [0, 0.1) is 5.92 Å². The predicted octanol–water partition coefficient (Wildman–Crippen LogP) is 5.51. The van der Waals surface area contributed by atoms with Gasteiger partial charge < -0.3 is 5.11 Å². The second kappa shape index (κ2) is 7.64. The molecule has 1 saturated carbocycles. The molecule has 0 spiro atoms. The van der Waals surface area contributed by atoms with Gasteiger partial charge >= 0.3 is 0 Å². The molecule has 0 bridgehead atoms. The fourth-order valence-electron chi connectivity index (χ4n) is 3.37. The van der Waals surface area contributed by atoms with E-state index in [2.05, 4.69) is 47.7 Å². The number of rotatable bonds is 6. The van der Waals surface area contributed by atoms with Crippen LogP contribution >= 0.6 is 15.9 Å². The number of halogens is 1. The maximum Gasteiger partial charge on any atom is 0.120 e. The zero-order valence-electron chi connectivity index (χ0n) is 13.5. The van der Waals surface area contributed by atoms with Gasteiger partial charge in [-0.25, -0.2) is 0 Å². The van der Waals surface area contributed by atoms with Crippen LogP contribution in [-0.4, -0.2) is 22.6 Å². The average molecular weight is 354 g/mol. The van der Waals surface area contributed by atoms with Crippen LogP contribution in [0.15, 0.2) is 22.7 Å². The first-order chi connectivity index (χ1) is 9.99. The molecule has 21 heavy (non-hydrogen) atoms. The number of aromatic hydroxyl groups is 1. The van der Waals surface area contributed by atoms with Crippen LogP contribution in [0.5, 0.6) is 5.75 Å². The number of phenols is 1. The first-order valence-corrected chi connectivity index (χ1v) is 9.02. The topological polar surface area (TPSA) is 23.5 Å². The molecule has 1 N–H and O–H groups in total. The third-order valence-electron chi connectivity index (χ3n) is 4.70. The molecule has 0 heterocycles. The minimum atomic E-state index is 0.268. The molecule has 1 aromatic carbocycles. The van der Waals surface area contributed by atoms with Crippen LogP contribution < -0.4 is 0 Å². The molecule has 2 nitrogen and oxygen atoms in total. The molecule has 2 rings (SSSR count). The Morgan fingerprint density at radius 3 is 2.52 bits per heavy atom. The first-order valence-electron chi connectivity index (χ1n) is 8.23. The molecule has 0 aliphatic heterocycles. The van der Waals surface area contributed by atoms with Crippen LogP contribution in [-0.2, 0) is 0 Å². The minimum absolute atomic E-state index is 0.268. The lowest BCUT2D eigenvalue weighted by Crippen LogP contribution is -2.37. The van der Waals surface area contributed by atoms with E-state index in [1.54, 1.807) is 6.07 Å². The number of phenolic OH excluding ortho intramolecular Hbond substituents is 1. The lowest BCUT2D eigenvalue weighted by atomic mass is 10.0. The predicted molar refractivity (Wildman–Crippen MR) is 92.6 cm³/mol. The highest BCUT2D eigenvalue weighted by molar-refractivity contribution is 9.10. The van der Waals surface area contributed by atoms with E-state index in [0.29, 0.717) is 11.8 Å². The summed E-state index contributed by atoms with van der Waals surface area (Å²) in [5, 5.41) is 10.2. The summed E-state index contributed by atoms with van der Waals surface area (Å²) in [4.78, 5) is 2.62. The van der Waals surface area contributed by atoms with E-state index in [9.17, 15) is 5.11 Å². The Balaban J connectivity index is 2.19. The molecule has 1 fully saturated rings. The Bertz CT molecular complexity index is 455.